The maximum absolute atomic E-state index is 13.0. The fourth-order valence-corrected chi connectivity index (χ4v) is 3.35. The van der Waals surface area contributed by atoms with Crippen LogP contribution in [0.1, 0.15) is 37.5 Å². The van der Waals surface area contributed by atoms with Gasteiger partial charge in [-0.1, -0.05) is 40.2 Å². The molecule has 1 atom stereocenters. The average molecular weight is 461 g/mol. The van der Waals surface area contributed by atoms with E-state index in [1.165, 1.54) is 0 Å². The van der Waals surface area contributed by atoms with E-state index in [0.29, 0.717) is 12.3 Å². The first kappa shape index (κ1) is 22.9. The van der Waals surface area contributed by atoms with E-state index >= 15 is 0 Å². The van der Waals surface area contributed by atoms with Crippen LogP contribution in [0.5, 0.6) is 5.75 Å². The molecule has 0 spiro atoms. The predicted molar refractivity (Wildman–Crippen MR) is 119 cm³/mol. The van der Waals surface area contributed by atoms with Crippen LogP contribution in [-0.4, -0.2) is 35.4 Å². The van der Waals surface area contributed by atoms with Crippen LogP contribution in [0.3, 0.4) is 0 Å². The Hall–Kier alpha value is -2.34. The number of aryl methyl sites for hydroxylation is 2. The quantitative estimate of drug-likeness (QED) is 0.635. The Labute approximate surface area is 181 Å². The van der Waals surface area contributed by atoms with Gasteiger partial charge in [0.15, 0.2) is 6.61 Å². The van der Waals surface area contributed by atoms with E-state index in [-0.39, 0.29) is 24.5 Å². The van der Waals surface area contributed by atoms with Gasteiger partial charge in [0, 0.05) is 17.1 Å². The van der Waals surface area contributed by atoms with Crippen LogP contribution in [0.4, 0.5) is 0 Å². The standard InChI is InChI=1S/C23H29BrN2O3/c1-15(2)25-23(28)18(5)26(13-19-7-6-8-20(24)12-19)22(27)14-29-21-11-16(3)9-10-17(21)4/h6-12,15,18H,13-14H2,1-5H3,(H,25,28)/t18-/m0/s1. The molecule has 0 aliphatic rings. The highest BCUT2D eigenvalue weighted by molar-refractivity contribution is 9.10. The number of rotatable bonds is 8. The first-order valence-corrected chi connectivity index (χ1v) is 10.5. The SMILES string of the molecule is Cc1ccc(C)c(OCC(=O)N(Cc2cccc(Br)c2)[C@@H](C)C(=O)NC(C)C)c1. The topological polar surface area (TPSA) is 58.6 Å². The number of amides is 2. The predicted octanol–water partition coefficient (Wildman–Crippen LogP) is 4.39. The highest BCUT2D eigenvalue weighted by Gasteiger charge is 2.27. The molecule has 0 bridgehead atoms. The van der Waals surface area contributed by atoms with Crippen LogP contribution in [0, 0.1) is 13.8 Å². The van der Waals surface area contributed by atoms with Gasteiger partial charge in [-0.15, -0.1) is 0 Å². The molecule has 0 aromatic heterocycles. The summed E-state index contributed by atoms with van der Waals surface area (Å²) >= 11 is 3.46. The van der Waals surface area contributed by atoms with E-state index in [0.717, 1.165) is 21.2 Å². The maximum atomic E-state index is 13.0. The van der Waals surface area contributed by atoms with Gasteiger partial charge in [0.2, 0.25) is 5.91 Å². The van der Waals surface area contributed by atoms with Gasteiger partial charge < -0.3 is 15.0 Å². The van der Waals surface area contributed by atoms with Crippen LogP contribution >= 0.6 is 15.9 Å². The number of nitrogens with zero attached hydrogens (tertiary/aromatic N) is 1. The van der Waals surface area contributed by atoms with Crippen molar-refractivity contribution in [3.63, 3.8) is 0 Å². The molecule has 156 valence electrons. The zero-order valence-corrected chi connectivity index (χ0v) is 19.2. The van der Waals surface area contributed by atoms with Gasteiger partial charge in [-0.05, 0) is 69.5 Å². The van der Waals surface area contributed by atoms with Crippen molar-refractivity contribution >= 4 is 27.7 Å². The first-order valence-electron chi connectivity index (χ1n) is 9.71. The second-order valence-corrected chi connectivity index (χ2v) is 8.46. The molecule has 6 heteroatoms. The molecule has 2 aromatic carbocycles. The van der Waals surface area contributed by atoms with Crippen molar-refractivity contribution in [2.45, 2.75) is 53.2 Å². The summed E-state index contributed by atoms with van der Waals surface area (Å²) in [6.07, 6.45) is 0. The lowest BCUT2D eigenvalue weighted by atomic mass is 10.1. The summed E-state index contributed by atoms with van der Waals surface area (Å²) in [5.74, 6) is 0.257. The number of benzene rings is 2. The monoisotopic (exact) mass is 460 g/mol. The number of carbonyl (C=O) groups excluding carboxylic acids is 2. The number of nitrogens with one attached hydrogen (secondary N) is 1. The molecular weight excluding hydrogens is 432 g/mol. The second-order valence-electron chi connectivity index (χ2n) is 7.55. The number of halogens is 1. The minimum atomic E-state index is -0.619. The van der Waals surface area contributed by atoms with Gasteiger partial charge in [0.25, 0.3) is 5.91 Å². The lowest BCUT2D eigenvalue weighted by Crippen LogP contribution is -2.50. The van der Waals surface area contributed by atoms with Gasteiger partial charge in [-0.25, -0.2) is 0 Å². The first-order chi connectivity index (χ1) is 13.7. The van der Waals surface area contributed by atoms with E-state index < -0.39 is 6.04 Å². The van der Waals surface area contributed by atoms with Crippen molar-refractivity contribution in [2.75, 3.05) is 6.61 Å². The summed E-state index contributed by atoms with van der Waals surface area (Å²) in [5.41, 5.74) is 2.96. The summed E-state index contributed by atoms with van der Waals surface area (Å²) in [5, 5.41) is 2.88. The van der Waals surface area contributed by atoms with Crippen LogP contribution < -0.4 is 10.1 Å². The van der Waals surface area contributed by atoms with Crippen LogP contribution in [0.15, 0.2) is 46.9 Å². The molecule has 0 saturated heterocycles. The van der Waals surface area contributed by atoms with E-state index in [4.69, 9.17) is 4.74 Å². The third kappa shape index (κ3) is 6.89. The van der Waals surface area contributed by atoms with Gasteiger partial charge >= 0.3 is 0 Å². The molecule has 0 fully saturated rings. The normalized spacial score (nSPS) is 11.8. The molecule has 2 amide bonds. The number of carbonyl (C=O) groups is 2. The summed E-state index contributed by atoms with van der Waals surface area (Å²) in [6.45, 7) is 9.65. The third-order valence-electron chi connectivity index (χ3n) is 4.53. The fraction of sp³-hybridized carbons (Fsp3) is 0.391. The Bertz CT molecular complexity index is 867. The van der Waals surface area contributed by atoms with Crippen LogP contribution in [0.2, 0.25) is 0 Å². The second kappa shape index (κ2) is 10.4. The molecule has 0 aliphatic carbocycles. The Morgan fingerprint density at radius 3 is 2.48 bits per heavy atom. The molecule has 0 saturated carbocycles. The third-order valence-corrected chi connectivity index (χ3v) is 5.03. The maximum Gasteiger partial charge on any atom is 0.261 e. The van der Waals surface area contributed by atoms with Crippen LogP contribution in [-0.2, 0) is 16.1 Å². The largest absolute Gasteiger partial charge is 0.483 e. The van der Waals surface area contributed by atoms with Gasteiger partial charge in [0.05, 0.1) is 0 Å². The molecule has 1 N–H and O–H groups in total. The van der Waals surface area contributed by atoms with Gasteiger partial charge in [-0.2, -0.15) is 0 Å². The fourth-order valence-electron chi connectivity index (χ4n) is 2.90. The summed E-state index contributed by atoms with van der Waals surface area (Å²) in [4.78, 5) is 27.2. The average Bonchev–Trinajstić information content (AvgIpc) is 2.65. The van der Waals surface area contributed by atoms with Gasteiger partial charge in [-0.3, -0.25) is 9.59 Å². The Balaban J connectivity index is 2.19. The van der Waals surface area contributed by atoms with Gasteiger partial charge in [0.1, 0.15) is 11.8 Å². The molecule has 0 heterocycles. The summed E-state index contributed by atoms with van der Waals surface area (Å²) in [6, 6.07) is 13.0. The summed E-state index contributed by atoms with van der Waals surface area (Å²) in [7, 11) is 0. The highest BCUT2D eigenvalue weighted by atomic mass is 79.9. The molecule has 29 heavy (non-hydrogen) atoms. The lowest BCUT2D eigenvalue weighted by Gasteiger charge is -2.29. The smallest absolute Gasteiger partial charge is 0.261 e. The van der Waals surface area contributed by atoms with Crippen LogP contribution in [0.25, 0.3) is 0 Å². The van der Waals surface area contributed by atoms with E-state index in [1.54, 1.807) is 11.8 Å². The van der Waals surface area contributed by atoms with E-state index in [9.17, 15) is 9.59 Å². The molecule has 2 aromatic rings. The molecule has 0 unspecified atom stereocenters. The van der Waals surface area contributed by atoms with Crippen molar-refractivity contribution in [3.8, 4) is 5.75 Å². The minimum absolute atomic E-state index is 0.000958. The number of hydrogen-bond acceptors (Lipinski definition) is 3. The van der Waals surface area contributed by atoms with Crippen molar-refractivity contribution in [3.05, 3.63) is 63.6 Å². The van der Waals surface area contributed by atoms with Crippen molar-refractivity contribution in [1.29, 1.82) is 0 Å². The molecule has 5 nitrogen and oxygen atoms in total. The number of ether oxygens (including phenoxy) is 1. The summed E-state index contributed by atoms with van der Waals surface area (Å²) < 4.78 is 6.73. The highest BCUT2D eigenvalue weighted by Crippen LogP contribution is 2.20. The molecule has 0 aliphatic heterocycles. The van der Waals surface area contributed by atoms with Crippen molar-refractivity contribution in [1.82, 2.24) is 10.2 Å². The zero-order chi connectivity index (χ0) is 21.6. The Morgan fingerprint density at radius 1 is 1.10 bits per heavy atom. The lowest BCUT2D eigenvalue weighted by molar-refractivity contribution is -0.142. The molecular formula is C23H29BrN2O3. The molecule has 0 radical (unpaired) electrons. The van der Waals surface area contributed by atoms with E-state index in [1.807, 2.05) is 70.2 Å². The zero-order valence-electron chi connectivity index (χ0n) is 17.7. The Kier molecular flexibility index (Phi) is 8.26. The minimum Gasteiger partial charge on any atom is -0.483 e. The molecule has 2 rings (SSSR count). The number of hydrogen-bond donors (Lipinski definition) is 1. The van der Waals surface area contributed by atoms with E-state index in [2.05, 4.69) is 21.2 Å². The van der Waals surface area contributed by atoms with Crippen molar-refractivity contribution < 1.29 is 14.3 Å². The van der Waals surface area contributed by atoms with Crippen molar-refractivity contribution in [2.24, 2.45) is 0 Å². The Morgan fingerprint density at radius 2 is 1.83 bits per heavy atom.